The summed E-state index contributed by atoms with van der Waals surface area (Å²) in [6.07, 6.45) is 5.61. The van der Waals surface area contributed by atoms with E-state index in [1.165, 1.54) is 13.3 Å². The van der Waals surface area contributed by atoms with Gasteiger partial charge in [-0.25, -0.2) is 9.59 Å². The lowest BCUT2D eigenvalue weighted by Gasteiger charge is -2.28. The highest BCUT2D eigenvalue weighted by Gasteiger charge is 2.32. The van der Waals surface area contributed by atoms with E-state index >= 15 is 0 Å². The summed E-state index contributed by atoms with van der Waals surface area (Å²) in [5.74, 6) is 3.05. The normalized spacial score (nSPS) is 15.5. The Morgan fingerprint density at radius 2 is 2.02 bits per heavy atom. The highest BCUT2D eigenvalue weighted by molar-refractivity contribution is 9.11. The lowest BCUT2D eigenvalue weighted by molar-refractivity contribution is -0.136. The summed E-state index contributed by atoms with van der Waals surface area (Å²) in [5.41, 5.74) is 4.44. The van der Waals surface area contributed by atoms with E-state index in [-0.39, 0.29) is 18.8 Å². The van der Waals surface area contributed by atoms with Crippen molar-refractivity contribution in [1.82, 2.24) is 16.1 Å². The molecule has 0 saturated heterocycles. The number of benzene rings is 2. The van der Waals surface area contributed by atoms with E-state index in [4.69, 9.17) is 25.4 Å². The average molecular weight is 680 g/mol. The number of hydrazone groups is 1. The number of halogens is 2. The molecule has 3 rings (SSSR count). The van der Waals surface area contributed by atoms with Crippen molar-refractivity contribution in [2.45, 2.75) is 26.1 Å². The maximum absolute atomic E-state index is 12.4. The van der Waals surface area contributed by atoms with Gasteiger partial charge >= 0.3 is 12.0 Å². The minimum absolute atomic E-state index is 0.0792. The number of hydrogen-bond donors (Lipinski definition) is 4. The molecular formula is C27H28Br2N4O7. The Labute approximate surface area is 248 Å². The first kappa shape index (κ1) is 30.8. The molecule has 0 spiro atoms. The molecule has 0 fully saturated rings. The number of hydrogen-bond acceptors (Lipinski definition) is 9. The highest BCUT2D eigenvalue weighted by atomic mass is 79.9. The summed E-state index contributed by atoms with van der Waals surface area (Å²) in [6.45, 7) is 3.66. The number of carbonyl (C=O) groups is 2. The number of allylic oxidation sites excluding steroid dienone is 1. The minimum atomic E-state index is -1.17. The standard InChI is InChI=1S/C27H28Br2N4O7/c1-5-9-39-25-17(10-18(28)12-19(25)29)13-30-33-22(34)14-40-20-8-7-16(11-21(20)38-6-2)24-23(26(35)37-4)15(3)31-27(36)32-24/h1,7-8,10-13,22,24,33-34H,6,9,14H2,2-4H3,(H2,31,32,36)/b30-13+/t22-,24+/m0/s1. The van der Waals surface area contributed by atoms with E-state index in [2.05, 4.69) is 58.9 Å². The van der Waals surface area contributed by atoms with Gasteiger partial charge in [-0.05, 0) is 59.6 Å². The van der Waals surface area contributed by atoms with E-state index in [0.29, 0.717) is 45.2 Å². The van der Waals surface area contributed by atoms with Crippen LogP contribution >= 0.6 is 31.9 Å². The zero-order valence-electron chi connectivity index (χ0n) is 21.9. The molecular weight excluding hydrogens is 652 g/mol. The molecule has 4 N–H and O–H groups in total. The predicted octanol–water partition coefficient (Wildman–Crippen LogP) is 3.74. The van der Waals surface area contributed by atoms with Crippen molar-refractivity contribution in [2.75, 3.05) is 26.9 Å². The number of nitrogens with one attached hydrogen (secondary N) is 3. The number of aliphatic hydroxyl groups excluding tert-OH is 1. The predicted molar refractivity (Wildman–Crippen MR) is 155 cm³/mol. The minimum Gasteiger partial charge on any atom is -0.490 e. The topological polar surface area (TPSA) is 140 Å². The molecule has 2 amide bonds. The molecule has 0 radical (unpaired) electrons. The molecule has 13 heteroatoms. The van der Waals surface area contributed by atoms with Crippen molar-refractivity contribution in [1.29, 1.82) is 0 Å². The third-order valence-corrected chi connectivity index (χ3v) is 6.48. The second-order valence-corrected chi connectivity index (χ2v) is 9.98. The monoisotopic (exact) mass is 678 g/mol. The van der Waals surface area contributed by atoms with Crippen molar-refractivity contribution in [3.8, 4) is 29.6 Å². The summed E-state index contributed by atoms with van der Waals surface area (Å²) in [4.78, 5) is 24.5. The number of methoxy groups -OCH3 is 1. The number of rotatable bonds is 12. The average Bonchev–Trinajstić information content (AvgIpc) is 2.91. The van der Waals surface area contributed by atoms with Crippen LogP contribution in [0.3, 0.4) is 0 Å². The number of aliphatic hydroxyl groups is 1. The maximum Gasteiger partial charge on any atom is 0.337 e. The van der Waals surface area contributed by atoms with Crippen LogP contribution in [0.2, 0.25) is 0 Å². The molecule has 0 saturated carbocycles. The molecule has 1 aliphatic rings. The van der Waals surface area contributed by atoms with Gasteiger partial charge < -0.3 is 34.7 Å². The van der Waals surface area contributed by atoms with Crippen LogP contribution < -0.4 is 30.3 Å². The quantitative estimate of drug-likeness (QED) is 0.0875. The number of ether oxygens (including phenoxy) is 4. The van der Waals surface area contributed by atoms with Crippen LogP contribution in [-0.2, 0) is 9.53 Å². The van der Waals surface area contributed by atoms with Crippen LogP contribution in [0.5, 0.6) is 17.2 Å². The Morgan fingerprint density at radius 3 is 2.73 bits per heavy atom. The molecule has 40 heavy (non-hydrogen) atoms. The Balaban J connectivity index is 1.72. The van der Waals surface area contributed by atoms with E-state index in [0.717, 1.165) is 4.47 Å². The summed E-state index contributed by atoms with van der Waals surface area (Å²) in [5, 5.41) is 19.8. The number of nitrogens with zero attached hydrogens (tertiary/aromatic N) is 1. The molecule has 1 heterocycles. The second kappa shape index (κ2) is 14.6. The summed E-state index contributed by atoms with van der Waals surface area (Å²) in [7, 11) is 1.27. The molecule has 0 aliphatic carbocycles. The SMILES string of the molecule is C#CCOc1c(Br)cc(Br)cc1/C=N/N[C@@H](O)COc1ccc([C@H]2NC(=O)NC(C)=C2C(=O)OC)cc1OCC. The number of carbonyl (C=O) groups excluding carboxylic acids is 2. The van der Waals surface area contributed by atoms with Gasteiger partial charge in [-0.3, -0.25) is 5.43 Å². The highest BCUT2D eigenvalue weighted by Crippen LogP contribution is 2.35. The largest absolute Gasteiger partial charge is 0.490 e. The Hall–Kier alpha value is -3.73. The van der Waals surface area contributed by atoms with E-state index in [1.54, 1.807) is 38.1 Å². The fourth-order valence-electron chi connectivity index (χ4n) is 3.76. The van der Waals surface area contributed by atoms with E-state index in [1.807, 2.05) is 6.07 Å². The second-order valence-electron chi connectivity index (χ2n) is 8.21. The van der Waals surface area contributed by atoms with Gasteiger partial charge in [0.25, 0.3) is 0 Å². The van der Waals surface area contributed by atoms with Crippen molar-refractivity contribution >= 4 is 50.1 Å². The van der Waals surface area contributed by atoms with Crippen molar-refractivity contribution in [2.24, 2.45) is 5.10 Å². The Morgan fingerprint density at radius 1 is 1.25 bits per heavy atom. The van der Waals surface area contributed by atoms with Gasteiger partial charge in [0.1, 0.15) is 19.0 Å². The van der Waals surface area contributed by atoms with Gasteiger partial charge in [0.15, 0.2) is 17.7 Å². The van der Waals surface area contributed by atoms with Gasteiger partial charge in [0, 0.05) is 15.7 Å². The third-order valence-electron chi connectivity index (χ3n) is 5.44. The molecule has 0 bridgehead atoms. The first-order valence-electron chi connectivity index (χ1n) is 12.0. The van der Waals surface area contributed by atoms with E-state index in [9.17, 15) is 14.7 Å². The van der Waals surface area contributed by atoms with Crippen molar-refractivity contribution in [3.05, 3.63) is 61.7 Å². The molecule has 1 aliphatic heterocycles. The first-order valence-corrected chi connectivity index (χ1v) is 13.5. The maximum atomic E-state index is 12.4. The number of terminal acetylenes is 1. The van der Waals surface area contributed by atoms with Crippen LogP contribution in [0.15, 0.2) is 55.6 Å². The summed E-state index contributed by atoms with van der Waals surface area (Å²) >= 11 is 6.85. The molecule has 2 atom stereocenters. The van der Waals surface area contributed by atoms with Crippen molar-refractivity contribution in [3.63, 3.8) is 0 Å². The van der Waals surface area contributed by atoms with Gasteiger partial charge in [-0.1, -0.05) is 27.9 Å². The van der Waals surface area contributed by atoms with Crippen LogP contribution in [0, 0.1) is 12.3 Å². The van der Waals surface area contributed by atoms with Crippen LogP contribution in [0.25, 0.3) is 0 Å². The third kappa shape index (κ3) is 7.91. The number of amides is 2. The van der Waals surface area contributed by atoms with Gasteiger partial charge in [-0.15, -0.1) is 6.42 Å². The molecule has 212 valence electrons. The van der Waals surface area contributed by atoms with Crippen LogP contribution in [0.4, 0.5) is 4.79 Å². The lowest BCUT2D eigenvalue weighted by atomic mass is 9.95. The fraction of sp³-hybridized carbons (Fsp3) is 0.296. The zero-order chi connectivity index (χ0) is 29.2. The van der Waals surface area contributed by atoms with Crippen LogP contribution in [0.1, 0.15) is 31.0 Å². The Bertz CT molecular complexity index is 1360. The molecule has 2 aromatic carbocycles. The molecule has 0 aromatic heterocycles. The smallest absolute Gasteiger partial charge is 0.337 e. The number of esters is 1. The summed E-state index contributed by atoms with van der Waals surface area (Å²) in [6, 6.07) is 7.36. The lowest BCUT2D eigenvalue weighted by Crippen LogP contribution is -2.45. The summed E-state index contributed by atoms with van der Waals surface area (Å²) < 4.78 is 23.5. The Kier molecular flexibility index (Phi) is 11.2. The fourth-order valence-corrected chi connectivity index (χ4v) is 5.13. The van der Waals surface area contributed by atoms with Crippen LogP contribution in [-0.4, -0.2) is 56.5 Å². The van der Waals surface area contributed by atoms with Gasteiger partial charge in [0.2, 0.25) is 0 Å². The van der Waals surface area contributed by atoms with Crippen molar-refractivity contribution < 1.29 is 33.6 Å². The number of urea groups is 1. The molecule has 11 nitrogen and oxygen atoms in total. The van der Waals surface area contributed by atoms with Gasteiger partial charge in [0.05, 0.1) is 36.0 Å². The van der Waals surface area contributed by atoms with Gasteiger partial charge in [-0.2, -0.15) is 5.10 Å². The molecule has 2 aromatic rings. The first-order chi connectivity index (χ1) is 19.2. The zero-order valence-corrected chi connectivity index (χ0v) is 25.1. The van der Waals surface area contributed by atoms with E-state index < -0.39 is 24.3 Å². The molecule has 0 unspecified atom stereocenters.